The lowest BCUT2D eigenvalue weighted by Gasteiger charge is -2.18. The molecule has 0 fully saturated rings. The second-order valence-corrected chi connectivity index (χ2v) is 4.29. The van der Waals surface area contributed by atoms with Crippen molar-refractivity contribution in [2.45, 2.75) is 6.04 Å². The van der Waals surface area contributed by atoms with Crippen LogP contribution in [0.1, 0.15) is 17.2 Å². The van der Waals surface area contributed by atoms with Crippen LogP contribution in [0.5, 0.6) is 5.75 Å². The molecule has 1 heterocycles. The Kier molecular flexibility index (Phi) is 2.99. The predicted octanol–water partition coefficient (Wildman–Crippen LogP) is 2.90. The van der Waals surface area contributed by atoms with Crippen molar-refractivity contribution in [2.75, 3.05) is 13.2 Å². The van der Waals surface area contributed by atoms with Crippen molar-refractivity contribution in [1.82, 2.24) is 5.32 Å². The second-order valence-electron chi connectivity index (χ2n) is 4.29. The van der Waals surface area contributed by atoms with Crippen molar-refractivity contribution in [3.05, 3.63) is 65.5 Å². The third-order valence-electron chi connectivity index (χ3n) is 3.15. The predicted molar refractivity (Wildman–Crippen MR) is 68.2 cm³/mol. The van der Waals surface area contributed by atoms with Gasteiger partial charge in [-0.25, -0.2) is 4.39 Å². The van der Waals surface area contributed by atoms with Gasteiger partial charge in [0, 0.05) is 17.7 Å². The SMILES string of the molecule is Fc1ccccc1C1NCCOc2ccccc21. The number of para-hydroxylation sites is 1. The molecule has 1 aliphatic heterocycles. The van der Waals surface area contributed by atoms with E-state index in [9.17, 15) is 4.39 Å². The topological polar surface area (TPSA) is 21.3 Å². The van der Waals surface area contributed by atoms with Crippen molar-refractivity contribution in [3.8, 4) is 5.75 Å². The lowest BCUT2D eigenvalue weighted by molar-refractivity contribution is 0.325. The number of benzene rings is 2. The fraction of sp³-hybridized carbons (Fsp3) is 0.200. The Morgan fingerprint density at radius 1 is 1.00 bits per heavy atom. The van der Waals surface area contributed by atoms with Crippen LogP contribution >= 0.6 is 0 Å². The molecule has 0 saturated carbocycles. The standard InChI is InChI=1S/C15H14FNO/c16-13-7-3-1-5-11(13)15-12-6-2-4-8-14(12)18-10-9-17-15/h1-8,15,17H,9-10H2. The third kappa shape index (κ3) is 1.97. The Hall–Kier alpha value is -1.87. The van der Waals surface area contributed by atoms with Gasteiger partial charge in [-0.05, 0) is 12.1 Å². The number of halogens is 1. The highest BCUT2D eigenvalue weighted by atomic mass is 19.1. The zero-order valence-corrected chi connectivity index (χ0v) is 9.90. The summed E-state index contributed by atoms with van der Waals surface area (Å²) in [4.78, 5) is 0. The zero-order chi connectivity index (χ0) is 12.4. The van der Waals surface area contributed by atoms with Crippen LogP contribution in [0, 0.1) is 5.82 Å². The van der Waals surface area contributed by atoms with E-state index in [-0.39, 0.29) is 11.9 Å². The molecule has 1 aliphatic rings. The molecule has 2 aromatic carbocycles. The molecule has 1 atom stereocenters. The number of ether oxygens (including phenoxy) is 1. The van der Waals surface area contributed by atoms with Crippen molar-refractivity contribution in [1.29, 1.82) is 0 Å². The summed E-state index contributed by atoms with van der Waals surface area (Å²) in [6, 6.07) is 14.5. The van der Waals surface area contributed by atoms with E-state index in [0.29, 0.717) is 18.7 Å². The summed E-state index contributed by atoms with van der Waals surface area (Å²) in [6.45, 7) is 1.30. The Balaban J connectivity index is 2.10. The van der Waals surface area contributed by atoms with Crippen LogP contribution in [0.4, 0.5) is 4.39 Å². The number of hydrogen-bond donors (Lipinski definition) is 1. The van der Waals surface area contributed by atoms with Gasteiger partial charge in [0.2, 0.25) is 0 Å². The average molecular weight is 243 g/mol. The smallest absolute Gasteiger partial charge is 0.128 e. The first-order valence-corrected chi connectivity index (χ1v) is 6.06. The van der Waals surface area contributed by atoms with Gasteiger partial charge in [-0.1, -0.05) is 36.4 Å². The Bertz CT molecular complexity index is 556. The average Bonchev–Trinajstić information content (AvgIpc) is 2.62. The first-order valence-electron chi connectivity index (χ1n) is 6.06. The molecule has 0 bridgehead atoms. The summed E-state index contributed by atoms with van der Waals surface area (Å²) in [5.74, 6) is 0.641. The minimum atomic E-state index is -0.188. The fourth-order valence-corrected chi connectivity index (χ4v) is 2.31. The van der Waals surface area contributed by atoms with E-state index in [4.69, 9.17) is 4.74 Å². The highest BCUT2D eigenvalue weighted by Gasteiger charge is 2.22. The van der Waals surface area contributed by atoms with Crippen molar-refractivity contribution < 1.29 is 9.13 Å². The molecule has 0 saturated heterocycles. The van der Waals surface area contributed by atoms with Gasteiger partial charge in [0.05, 0.1) is 6.04 Å². The first-order chi connectivity index (χ1) is 8.86. The van der Waals surface area contributed by atoms with Gasteiger partial charge in [-0.2, -0.15) is 0 Å². The molecule has 0 aromatic heterocycles. The largest absolute Gasteiger partial charge is 0.492 e. The summed E-state index contributed by atoms with van der Waals surface area (Å²) in [5, 5.41) is 3.33. The molecule has 0 radical (unpaired) electrons. The number of nitrogens with one attached hydrogen (secondary N) is 1. The number of fused-ring (bicyclic) bond motifs is 1. The molecule has 3 heteroatoms. The van der Waals surface area contributed by atoms with Crippen LogP contribution in [0.2, 0.25) is 0 Å². The van der Waals surface area contributed by atoms with E-state index in [1.165, 1.54) is 6.07 Å². The van der Waals surface area contributed by atoms with E-state index in [1.807, 2.05) is 36.4 Å². The summed E-state index contributed by atoms with van der Waals surface area (Å²) in [6.07, 6.45) is 0. The Morgan fingerprint density at radius 3 is 2.56 bits per heavy atom. The zero-order valence-electron chi connectivity index (χ0n) is 9.90. The Morgan fingerprint density at radius 2 is 1.72 bits per heavy atom. The Labute approximate surface area is 105 Å². The third-order valence-corrected chi connectivity index (χ3v) is 3.15. The highest BCUT2D eigenvalue weighted by molar-refractivity contribution is 5.42. The van der Waals surface area contributed by atoms with Crippen LogP contribution in [-0.4, -0.2) is 13.2 Å². The van der Waals surface area contributed by atoms with Gasteiger partial charge in [0.1, 0.15) is 18.2 Å². The van der Waals surface area contributed by atoms with E-state index in [0.717, 1.165) is 11.3 Å². The molecule has 2 nitrogen and oxygen atoms in total. The molecule has 1 unspecified atom stereocenters. The minimum Gasteiger partial charge on any atom is -0.492 e. The molecule has 0 spiro atoms. The summed E-state index contributed by atoms with van der Waals surface area (Å²) in [5.41, 5.74) is 1.65. The molecule has 18 heavy (non-hydrogen) atoms. The minimum absolute atomic E-state index is 0.148. The van der Waals surface area contributed by atoms with Crippen LogP contribution < -0.4 is 10.1 Å². The van der Waals surface area contributed by atoms with Crippen LogP contribution in [-0.2, 0) is 0 Å². The van der Waals surface area contributed by atoms with Crippen molar-refractivity contribution >= 4 is 0 Å². The lowest BCUT2D eigenvalue weighted by Crippen LogP contribution is -2.24. The van der Waals surface area contributed by atoms with Gasteiger partial charge in [0.15, 0.2) is 0 Å². The van der Waals surface area contributed by atoms with E-state index < -0.39 is 0 Å². The summed E-state index contributed by atoms with van der Waals surface area (Å²) >= 11 is 0. The fourth-order valence-electron chi connectivity index (χ4n) is 2.31. The first kappa shape index (κ1) is 11.2. The van der Waals surface area contributed by atoms with E-state index in [2.05, 4.69) is 5.32 Å². The lowest BCUT2D eigenvalue weighted by atomic mass is 9.97. The van der Waals surface area contributed by atoms with E-state index in [1.54, 1.807) is 6.07 Å². The monoisotopic (exact) mass is 243 g/mol. The maximum atomic E-state index is 13.9. The molecule has 0 aliphatic carbocycles. The maximum Gasteiger partial charge on any atom is 0.128 e. The molecule has 3 rings (SSSR count). The number of rotatable bonds is 1. The molecule has 92 valence electrons. The van der Waals surface area contributed by atoms with Gasteiger partial charge in [-0.15, -0.1) is 0 Å². The molecule has 0 amide bonds. The molecular formula is C15H14FNO. The van der Waals surface area contributed by atoms with Crippen molar-refractivity contribution in [2.24, 2.45) is 0 Å². The quantitative estimate of drug-likeness (QED) is 0.831. The van der Waals surface area contributed by atoms with Gasteiger partial charge < -0.3 is 10.1 Å². The summed E-state index contributed by atoms with van der Waals surface area (Å²) in [7, 11) is 0. The normalized spacial score (nSPS) is 18.6. The summed E-state index contributed by atoms with van der Waals surface area (Å²) < 4.78 is 19.6. The highest BCUT2D eigenvalue weighted by Crippen LogP contribution is 2.32. The maximum absolute atomic E-state index is 13.9. The van der Waals surface area contributed by atoms with Crippen LogP contribution in [0.3, 0.4) is 0 Å². The van der Waals surface area contributed by atoms with Gasteiger partial charge >= 0.3 is 0 Å². The van der Waals surface area contributed by atoms with Crippen LogP contribution in [0.25, 0.3) is 0 Å². The second kappa shape index (κ2) is 4.78. The van der Waals surface area contributed by atoms with Gasteiger partial charge in [-0.3, -0.25) is 0 Å². The van der Waals surface area contributed by atoms with Crippen LogP contribution in [0.15, 0.2) is 48.5 Å². The molecular weight excluding hydrogens is 229 g/mol. The van der Waals surface area contributed by atoms with Crippen molar-refractivity contribution in [3.63, 3.8) is 0 Å². The number of hydrogen-bond acceptors (Lipinski definition) is 2. The van der Waals surface area contributed by atoms with E-state index >= 15 is 0 Å². The van der Waals surface area contributed by atoms with Gasteiger partial charge in [0.25, 0.3) is 0 Å². The molecule has 1 N–H and O–H groups in total. The molecule has 2 aromatic rings.